The maximum atomic E-state index is 12.8. The van der Waals surface area contributed by atoms with Crippen molar-refractivity contribution in [1.82, 2.24) is 19.7 Å². The molecule has 4 aromatic rings. The van der Waals surface area contributed by atoms with Gasteiger partial charge in [0.2, 0.25) is 5.91 Å². The lowest BCUT2D eigenvalue weighted by Crippen LogP contribution is -2.22. The average molecular weight is 494 g/mol. The number of anilines is 1. The molecule has 2 aromatic carbocycles. The van der Waals surface area contributed by atoms with Gasteiger partial charge >= 0.3 is 0 Å². The summed E-state index contributed by atoms with van der Waals surface area (Å²) in [6, 6.07) is 19.4. The van der Waals surface area contributed by atoms with Gasteiger partial charge in [-0.1, -0.05) is 45.9 Å². The number of aromatic nitrogens is 4. The molecule has 0 bridgehead atoms. The zero-order valence-corrected chi connectivity index (χ0v) is 19.4. The van der Waals surface area contributed by atoms with E-state index in [1.54, 1.807) is 12.4 Å². The molecule has 0 aliphatic heterocycles. The van der Waals surface area contributed by atoms with Crippen LogP contribution in [0.2, 0.25) is 0 Å². The summed E-state index contributed by atoms with van der Waals surface area (Å²) < 4.78 is 2.96. The van der Waals surface area contributed by atoms with E-state index in [4.69, 9.17) is 0 Å². The van der Waals surface area contributed by atoms with Crippen molar-refractivity contribution in [3.8, 4) is 17.1 Å². The van der Waals surface area contributed by atoms with E-state index in [9.17, 15) is 4.79 Å². The monoisotopic (exact) mass is 493 g/mol. The van der Waals surface area contributed by atoms with Crippen molar-refractivity contribution in [2.45, 2.75) is 24.3 Å². The van der Waals surface area contributed by atoms with E-state index in [-0.39, 0.29) is 11.2 Å². The summed E-state index contributed by atoms with van der Waals surface area (Å²) in [7, 11) is 0. The van der Waals surface area contributed by atoms with Crippen molar-refractivity contribution in [2.24, 2.45) is 0 Å². The third kappa shape index (κ3) is 4.86. The highest BCUT2D eigenvalue weighted by Crippen LogP contribution is 2.31. The van der Waals surface area contributed by atoms with E-state index in [0.717, 1.165) is 27.0 Å². The maximum Gasteiger partial charge on any atom is 0.237 e. The fourth-order valence-electron chi connectivity index (χ4n) is 3.05. The van der Waals surface area contributed by atoms with Gasteiger partial charge in [-0.15, -0.1) is 10.2 Å². The number of amides is 1. The van der Waals surface area contributed by atoms with Crippen LogP contribution in [-0.4, -0.2) is 30.9 Å². The summed E-state index contributed by atoms with van der Waals surface area (Å²) in [5.74, 6) is 0.608. The molecular weight excluding hydrogens is 474 g/mol. The van der Waals surface area contributed by atoms with E-state index in [1.807, 2.05) is 79.1 Å². The lowest BCUT2D eigenvalue weighted by atomic mass is 10.2. The molecule has 0 aliphatic carbocycles. The second-order valence-electron chi connectivity index (χ2n) is 6.92. The molecule has 1 N–H and O–H groups in total. The maximum absolute atomic E-state index is 12.8. The van der Waals surface area contributed by atoms with Crippen molar-refractivity contribution in [1.29, 1.82) is 0 Å². The van der Waals surface area contributed by atoms with Crippen molar-refractivity contribution < 1.29 is 4.79 Å². The van der Waals surface area contributed by atoms with Gasteiger partial charge in [0.1, 0.15) is 0 Å². The van der Waals surface area contributed by atoms with Crippen LogP contribution in [0.25, 0.3) is 17.1 Å². The zero-order chi connectivity index (χ0) is 21.8. The second-order valence-corrected chi connectivity index (χ2v) is 9.14. The number of para-hydroxylation sites is 1. The van der Waals surface area contributed by atoms with Gasteiger partial charge in [0.05, 0.1) is 10.9 Å². The topological polar surface area (TPSA) is 72.7 Å². The van der Waals surface area contributed by atoms with E-state index < -0.39 is 0 Å². The third-order valence-electron chi connectivity index (χ3n) is 4.69. The van der Waals surface area contributed by atoms with Crippen LogP contribution in [-0.2, 0) is 4.79 Å². The molecule has 1 unspecified atom stereocenters. The molecule has 2 aromatic heterocycles. The number of rotatable bonds is 6. The largest absolute Gasteiger partial charge is 0.325 e. The van der Waals surface area contributed by atoms with Gasteiger partial charge in [-0.25, -0.2) is 0 Å². The SMILES string of the molecule is Cc1ccccc1-n1c(SC(C)C(=O)Nc2ccc(Br)cc2)nnc1-c1ccncc1. The van der Waals surface area contributed by atoms with Crippen molar-refractivity contribution in [3.05, 3.63) is 83.1 Å². The quantitative estimate of drug-likeness (QED) is 0.358. The summed E-state index contributed by atoms with van der Waals surface area (Å²) in [4.78, 5) is 16.9. The predicted octanol–water partition coefficient (Wildman–Crippen LogP) is 5.52. The molecule has 8 heteroatoms. The van der Waals surface area contributed by atoms with Crippen molar-refractivity contribution >= 4 is 39.3 Å². The number of hydrogen-bond donors (Lipinski definition) is 1. The molecule has 0 fully saturated rings. The van der Waals surface area contributed by atoms with E-state index >= 15 is 0 Å². The Balaban J connectivity index is 1.65. The van der Waals surface area contributed by atoms with Crippen LogP contribution in [0.1, 0.15) is 12.5 Å². The Kier molecular flexibility index (Phi) is 6.48. The summed E-state index contributed by atoms with van der Waals surface area (Å²) in [5.41, 5.74) is 3.72. The van der Waals surface area contributed by atoms with Crippen LogP contribution in [0.3, 0.4) is 0 Å². The Labute approximate surface area is 193 Å². The molecule has 1 atom stereocenters. The number of nitrogens with zero attached hydrogens (tertiary/aromatic N) is 4. The van der Waals surface area contributed by atoms with Gasteiger partial charge in [0, 0.05) is 28.1 Å². The first-order valence-electron chi connectivity index (χ1n) is 9.68. The number of thioether (sulfide) groups is 1. The number of pyridine rings is 1. The number of benzene rings is 2. The Morgan fingerprint density at radius 1 is 1.03 bits per heavy atom. The van der Waals surface area contributed by atoms with Crippen LogP contribution in [0.4, 0.5) is 5.69 Å². The van der Waals surface area contributed by atoms with E-state index in [1.165, 1.54) is 11.8 Å². The van der Waals surface area contributed by atoms with Gasteiger partial charge in [-0.3, -0.25) is 14.3 Å². The van der Waals surface area contributed by atoms with Gasteiger partial charge in [0.15, 0.2) is 11.0 Å². The van der Waals surface area contributed by atoms with Crippen LogP contribution in [0, 0.1) is 6.92 Å². The summed E-state index contributed by atoms with van der Waals surface area (Å²) >= 11 is 4.78. The number of carbonyl (C=O) groups is 1. The number of carbonyl (C=O) groups excluding carboxylic acids is 1. The smallest absolute Gasteiger partial charge is 0.237 e. The molecule has 2 heterocycles. The number of aryl methyl sites for hydroxylation is 1. The molecule has 0 radical (unpaired) electrons. The summed E-state index contributed by atoms with van der Waals surface area (Å²) in [6.07, 6.45) is 3.46. The van der Waals surface area contributed by atoms with Crippen LogP contribution in [0.5, 0.6) is 0 Å². The molecule has 31 heavy (non-hydrogen) atoms. The minimum Gasteiger partial charge on any atom is -0.325 e. The number of hydrogen-bond acceptors (Lipinski definition) is 5. The molecule has 6 nitrogen and oxygen atoms in total. The van der Waals surface area contributed by atoms with Gasteiger partial charge < -0.3 is 5.32 Å². The minimum absolute atomic E-state index is 0.0999. The molecular formula is C23H20BrN5OS. The second kappa shape index (κ2) is 9.45. The van der Waals surface area contributed by atoms with Gasteiger partial charge in [-0.2, -0.15) is 0 Å². The average Bonchev–Trinajstić information content (AvgIpc) is 3.19. The Morgan fingerprint density at radius 3 is 2.45 bits per heavy atom. The standard InChI is InChI=1S/C23H20BrN5OS/c1-15-5-3-4-6-20(15)29-21(17-11-13-25-14-12-17)27-28-23(29)31-16(2)22(30)26-19-9-7-18(24)8-10-19/h3-14,16H,1-2H3,(H,26,30). The fraction of sp³-hybridized carbons (Fsp3) is 0.130. The molecule has 0 aliphatic rings. The highest BCUT2D eigenvalue weighted by atomic mass is 79.9. The van der Waals surface area contributed by atoms with Gasteiger partial charge in [-0.05, 0) is 61.9 Å². The van der Waals surface area contributed by atoms with E-state index in [2.05, 4.69) is 36.4 Å². The molecule has 156 valence electrons. The predicted molar refractivity (Wildman–Crippen MR) is 127 cm³/mol. The lowest BCUT2D eigenvalue weighted by molar-refractivity contribution is -0.115. The van der Waals surface area contributed by atoms with Crippen molar-refractivity contribution in [2.75, 3.05) is 5.32 Å². The Morgan fingerprint density at radius 2 is 1.74 bits per heavy atom. The summed E-state index contributed by atoms with van der Waals surface area (Å²) in [6.45, 7) is 3.91. The molecule has 1 amide bonds. The molecule has 0 spiro atoms. The first-order chi connectivity index (χ1) is 15.0. The lowest BCUT2D eigenvalue weighted by Gasteiger charge is -2.15. The number of halogens is 1. The first kappa shape index (κ1) is 21.3. The van der Waals surface area contributed by atoms with Crippen LogP contribution < -0.4 is 5.32 Å². The van der Waals surface area contributed by atoms with E-state index in [0.29, 0.717) is 11.0 Å². The molecule has 4 rings (SSSR count). The Bertz CT molecular complexity index is 1190. The summed E-state index contributed by atoms with van der Waals surface area (Å²) in [5, 5.41) is 12.1. The zero-order valence-electron chi connectivity index (χ0n) is 17.0. The first-order valence-corrected chi connectivity index (χ1v) is 11.3. The van der Waals surface area contributed by atoms with Crippen molar-refractivity contribution in [3.63, 3.8) is 0 Å². The van der Waals surface area contributed by atoms with Crippen LogP contribution in [0.15, 0.2) is 82.7 Å². The third-order valence-corrected chi connectivity index (χ3v) is 6.26. The normalized spacial score (nSPS) is 11.8. The Hall–Kier alpha value is -2.97. The highest BCUT2D eigenvalue weighted by Gasteiger charge is 2.22. The fourth-order valence-corrected chi connectivity index (χ4v) is 4.18. The molecule has 0 saturated heterocycles. The highest BCUT2D eigenvalue weighted by molar-refractivity contribution is 9.10. The minimum atomic E-state index is -0.374. The molecule has 0 saturated carbocycles. The van der Waals surface area contributed by atoms with Gasteiger partial charge in [0.25, 0.3) is 0 Å². The number of nitrogens with one attached hydrogen (secondary N) is 1. The van der Waals surface area contributed by atoms with Crippen LogP contribution >= 0.6 is 27.7 Å².